The number of hydrogen-bond acceptors (Lipinski definition) is 13. The second kappa shape index (κ2) is 36.5. The van der Waals surface area contributed by atoms with E-state index < -0.39 is 36.8 Å². The van der Waals surface area contributed by atoms with Gasteiger partial charge in [0, 0.05) is 152 Å². The van der Waals surface area contributed by atoms with Crippen LogP contribution in [0.4, 0.5) is 11.4 Å². The summed E-state index contributed by atoms with van der Waals surface area (Å²) in [4.78, 5) is 64.6. The Morgan fingerprint density at radius 2 is 1.43 bits per heavy atom. The molecule has 626 valence electrons. The first kappa shape index (κ1) is 86.0. The number of ketones is 1. The van der Waals surface area contributed by atoms with E-state index in [0.717, 1.165) is 209 Å². The van der Waals surface area contributed by atoms with Gasteiger partial charge in [0.1, 0.15) is 6.54 Å². The predicted molar refractivity (Wildman–Crippen MR) is 483 cm³/mol. The highest BCUT2D eigenvalue weighted by molar-refractivity contribution is 8.03. The minimum Gasteiger partial charge on any atom is -0.748 e. The maximum atomic E-state index is 14.2. The van der Waals surface area contributed by atoms with Gasteiger partial charge in [-0.2, -0.15) is 13.0 Å². The molecule has 1 unspecified atom stereocenters. The number of rotatable bonds is 34. The van der Waals surface area contributed by atoms with E-state index in [-0.39, 0.29) is 54.1 Å². The summed E-state index contributed by atoms with van der Waals surface area (Å²) in [6.07, 6.45) is 22.7. The molecule has 0 saturated heterocycles. The highest BCUT2D eigenvalue weighted by Crippen LogP contribution is 2.53. The number of unbranched alkanes of at least 4 members (excludes halogenated alkanes) is 8. The van der Waals surface area contributed by atoms with Crippen LogP contribution in [0.1, 0.15) is 273 Å². The molecule has 119 heavy (non-hydrogen) atoms. The van der Waals surface area contributed by atoms with Gasteiger partial charge in [0.25, 0.3) is 16.0 Å². The third kappa shape index (κ3) is 18.6. The molecule has 8 bridgehead atoms. The van der Waals surface area contributed by atoms with Crippen LogP contribution in [-0.4, -0.2) is 118 Å². The van der Waals surface area contributed by atoms with Crippen molar-refractivity contribution < 1.29 is 49.6 Å². The fourth-order valence-electron chi connectivity index (χ4n) is 19.2. The highest BCUT2D eigenvalue weighted by atomic mass is 32.2. The third-order valence-electron chi connectivity index (χ3n) is 25.6. The molecule has 2 aliphatic carbocycles. The van der Waals surface area contributed by atoms with Crippen LogP contribution >= 0.6 is 11.8 Å². The van der Waals surface area contributed by atoms with Gasteiger partial charge in [0.05, 0.1) is 50.0 Å². The number of thioether (sulfide) groups is 1. The van der Waals surface area contributed by atoms with Crippen molar-refractivity contribution in [2.24, 2.45) is 0 Å². The minimum absolute atomic E-state index is 0.0202. The van der Waals surface area contributed by atoms with Gasteiger partial charge in [-0.3, -0.25) is 23.9 Å². The van der Waals surface area contributed by atoms with E-state index in [4.69, 9.17) is 14.7 Å². The molecule has 3 aromatic heterocycles. The van der Waals surface area contributed by atoms with Gasteiger partial charge in [-0.15, -0.1) is 0 Å². The maximum absolute atomic E-state index is 14.2. The molecule has 8 aromatic rings. The van der Waals surface area contributed by atoms with E-state index in [0.29, 0.717) is 76.0 Å². The standard InChI is InChI=1S/C98H116N8O10S3/c1-12-14-15-26-54-116-65(7)89-63(5)79-58-78-62(4)73(93(103-78)76-57-85(107)90-64(6)80(104-94(76)90)59-81-72(13-2)61(3)77(101-81)60-82(89)102-79)44-49-88(108)99-50-22-16-17-23-51-100-96(109)70-36-42-71(43-37-70)117-95-68(40-47-86-97(8,9)91-74-34-20-18-30-66(74)38-45-83(91)105(86)52-24-27-55-118(110,111)112)32-29-33-69(95)41-48-87-98(10,11)92-75-35-21-19-31-67(75)39-46-84(92)106(87)53-25-28-56-119(113,114)115/h18-21,30-31,34-43,45-48,58-60,62,65,73H,12-17,22-29,32-33,44,49-57H2,1-11H3,(H5-,99,100,101,102,103,104,107,108,109,110,111,112,113,114,115)/t62-,65?,73-/m0/s1. The zero-order valence-electron chi connectivity index (χ0n) is 71.0. The number of H-pyrrole nitrogens is 2. The maximum Gasteiger partial charge on any atom is 0.264 e. The largest absolute Gasteiger partial charge is 0.748 e. The summed E-state index contributed by atoms with van der Waals surface area (Å²) in [5.74, 6) is -0.999. The second-order valence-electron chi connectivity index (χ2n) is 34.4. The number of fused-ring (bicyclic) bond motifs is 14. The summed E-state index contributed by atoms with van der Waals surface area (Å²) in [6, 6.07) is 39.7. The SMILES string of the molecule is CCCCCCOC(C)c1c(C)c2cc3nc(c4c5[nH]c(cc6nc(cc1[nH]2)C(C)=C6CC)c(C)c5C(=O)C4)[C@@H](CCC(=O)NCCCCCCNC(=O)c1ccc(SC2=C(/C=C/C4=[N+](CCCCS(=O)(=O)[O-])c5ccc6ccccc6c5C4(C)C)CCC/C2=C\C=C2\N(CCCCS(=O)(=O)O)c4ccc5ccccc5c4C2(C)C)cc1)[C@@H]3C. The summed E-state index contributed by atoms with van der Waals surface area (Å²) in [5.41, 5.74) is 22.8. The molecular weight excluding hydrogens is 1550 g/mol. The summed E-state index contributed by atoms with van der Waals surface area (Å²) in [5, 5.41) is 10.9. The number of carbonyl (C=O) groups excluding carboxylic acids is 3. The number of nitrogens with one attached hydrogen (secondary N) is 4. The Balaban J connectivity index is 0.652. The number of aromatic amines is 2. The molecule has 5 aromatic carbocycles. The number of Topliss-reactive ketones (excluding diaryl/α,β-unsaturated/α-hetero) is 1. The van der Waals surface area contributed by atoms with Crippen molar-refractivity contribution in [1.29, 1.82) is 0 Å². The number of hydrogen-bond donors (Lipinski definition) is 5. The molecular formula is C98H116N8O10S3. The molecule has 6 aliphatic rings. The number of anilines is 1. The average Bonchev–Trinajstić information content (AvgIpc) is 1.58. The number of amides is 2. The van der Waals surface area contributed by atoms with E-state index in [1.165, 1.54) is 23.1 Å². The summed E-state index contributed by atoms with van der Waals surface area (Å²) >= 11 is 1.68. The second-order valence-corrected chi connectivity index (χ2v) is 38.6. The molecule has 0 spiro atoms. The molecule has 0 radical (unpaired) electrons. The minimum atomic E-state index is -4.38. The lowest BCUT2D eigenvalue weighted by Gasteiger charge is -2.28. The number of benzene rings is 5. The lowest BCUT2D eigenvalue weighted by molar-refractivity contribution is -0.438. The number of aryl methyl sites for hydroxylation is 2. The summed E-state index contributed by atoms with van der Waals surface area (Å²) < 4.78 is 77.9. The summed E-state index contributed by atoms with van der Waals surface area (Å²) in [7, 11) is -8.52. The van der Waals surface area contributed by atoms with E-state index in [1.54, 1.807) is 11.8 Å². The molecule has 0 saturated carbocycles. The molecule has 18 nitrogen and oxygen atoms in total. The smallest absolute Gasteiger partial charge is 0.264 e. The van der Waals surface area contributed by atoms with Crippen LogP contribution in [0, 0.1) is 13.8 Å². The van der Waals surface area contributed by atoms with Crippen LogP contribution in [0.25, 0.3) is 54.8 Å². The van der Waals surface area contributed by atoms with Gasteiger partial charge in [-0.05, 0) is 233 Å². The predicted octanol–water partition coefficient (Wildman–Crippen LogP) is 21.5. The topological polar surface area (TPSA) is 260 Å². The van der Waals surface area contributed by atoms with Crippen molar-refractivity contribution >= 4 is 121 Å². The summed E-state index contributed by atoms with van der Waals surface area (Å²) in [6.45, 7) is 26.8. The van der Waals surface area contributed by atoms with E-state index in [2.05, 4.69) is 209 Å². The molecule has 7 heterocycles. The molecule has 2 amide bonds. The fourth-order valence-corrected chi connectivity index (χ4v) is 21.5. The molecule has 0 fully saturated rings. The zero-order valence-corrected chi connectivity index (χ0v) is 73.5. The van der Waals surface area contributed by atoms with Crippen molar-refractivity contribution in [3.8, 4) is 0 Å². The van der Waals surface area contributed by atoms with Crippen molar-refractivity contribution in [1.82, 2.24) is 30.6 Å². The Morgan fingerprint density at radius 3 is 2.15 bits per heavy atom. The lowest BCUT2D eigenvalue weighted by Crippen LogP contribution is -2.28. The number of carbonyl (C=O) groups is 3. The van der Waals surface area contributed by atoms with Crippen molar-refractivity contribution in [2.45, 2.75) is 232 Å². The first-order valence-electron chi connectivity index (χ1n) is 43.2. The van der Waals surface area contributed by atoms with Gasteiger partial charge >= 0.3 is 0 Å². The van der Waals surface area contributed by atoms with Crippen molar-refractivity contribution in [3.05, 3.63) is 229 Å². The van der Waals surface area contributed by atoms with Crippen LogP contribution in [0.5, 0.6) is 0 Å². The number of nitrogens with zero attached hydrogens (tertiary/aromatic N) is 4. The van der Waals surface area contributed by atoms with E-state index in [1.807, 2.05) is 37.3 Å². The van der Waals surface area contributed by atoms with Crippen LogP contribution in [0.2, 0.25) is 0 Å². The van der Waals surface area contributed by atoms with Crippen LogP contribution in [0.3, 0.4) is 0 Å². The molecule has 3 atom stereocenters. The Morgan fingerprint density at radius 1 is 0.739 bits per heavy atom. The quantitative estimate of drug-likeness (QED) is 0.0143. The highest BCUT2D eigenvalue weighted by Gasteiger charge is 2.46. The van der Waals surface area contributed by atoms with Gasteiger partial charge in [-0.1, -0.05) is 145 Å². The number of allylic oxidation sites excluding steroid dienone is 9. The Labute approximate surface area is 706 Å². The normalized spacial score (nSPS) is 18.0. The van der Waals surface area contributed by atoms with Crippen LogP contribution in [0.15, 0.2) is 166 Å². The Hall–Kier alpha value is -9.35. The van der Waals surface area contributed by atoms with E-state index in [9.17, 15) is 40.3 Å². The lowest BCUT2D eigenvalue weighted by atomic mass is 9.78. The van der Waals surface area contributed by atoms with Crippen LogP contribution in [-0.2, 0) is 47.0 Å². The van der Waals surface area contributed by atoms with Crippen molar-refractivity contribution in [2.75, 3.05) is 49.2 Å². The molecule has 14 rings (SSSR count). The third-order valence-corrected chi connectivity index (χ3v) is 28.4. The Kier molecular flexibility index (Phi) is 26.4. The van der Waals surface area contributed by atoms with Gasteiger partial charge < -0.3 is 34.8 Å². The fraction of sp³-hybridized carbons (Fsp3) is 0.429. The zero-order chi connectivity index (χ0) is 84.2. The molecule has 21 heteroatoms. The number of ether oxygens (including phenoxy) is 1. The van der Waals surface area contributed by atoms with Crippen molar-refractivity contribution in [3.63, 3.8) is 0 Å². The average molecular weight is 1660 g/mol. The molecule has 5 N–H and O–H groups in total. The Bertz CT molecular complexity index is 5920. The van der Waals surface area contributed by atoms with Gasteiger partial charge in [0.2, 0.25) is 11.6 Å². The number of aromatic nitrogens is 4. The first-order chi connectivity index (χ1) is 57.0. The van der Waals surface area contributed by atoms with Gasteiger partial charge in [-0.25, -0.2) is 13.4 Å². The monoisotopic (exact) mass is 1660 g/mol. The molecule has 4 aliphatic heterocycles. The van der Waals surface area contributed by atoms with Crippen LogP contribution < -0.4 is 15.5 Å². The van der Waals surface area contributed by atoms with E-state index >= 15 is 0 Å². The van der Waals surface area contributed by atoms with Gasteiger partial charge in [0.15, 0.2) is 11.5 Å². The first-order valence-corrected chi connectivity index (χ1v) is 47.2.